The maximum atomic E-state index is 11.1. The van der Waals surface area contributed by atoms with E-state index in [2.05, 4.69) is 43.8 Å². The highest BCUT2D eigenvalue weighted by atomic mass is 16.5. The molecule has 112 valence electrons. The van der Waals surface area contributed by atoms with E-state index in [1.54, 1.807) is 0 Å². The number of nitrogens with one attached hydrogen (secondary N) is 1. The van der Waals surface area contributed by atoms with Crippen LogP contribution in [0.2, 0.25) is 0 Å². The molecule has 4 heteroatoms. The van der Waals surface area contributed by atoms with Crippen molar-refractivity contribution in [3.63, 3.8) is 0 Å². The third kappa shape index (κ3) is 6.06. The van der Waals surface area contributed by atoms with Crippen molar-refractivity contribution < 1.29 is 14.3 Å². The van der Waals surface area contributed by atoms with Crippen LogP contribution in [0.3, 0.4) is 0 Å². The molecule has 0 radical (unpaired) electrons. The van der Waals surface area contributed by atoms with Gasteiger partial charge in [0.05, 0.1) is 20.1 Å². The minimum Gasteiger partial charge on any atom is -0.493 e. The summed E-state index contributed by atoms with van der Waals surface area (Å²) in [7, 11) is 1.38. The lowest BCUT2D eigenvalue weighted by atomic mass is 10.1. The first kappa shape index (κ1) is 16.5. The molecule has 0 fully saturated rings. The number of ether oxygens (including phenoxy) is 2. The van der Waals surface area contributed by atoms with Gasteiger partial charge in [-0.3, -0.25) is 4.79 Å². The predicted molar refractivity (Wildman–Crippen MR) is 79.9 cm³/mol. The Bertz CT molecular complexity index is 450. The smallest absolute Gasteiger partial charge is 0.308 e. The van der Waals surface area contributed by atoms with E-state index in [9.17, 15) is 4.79 Å². The highest BCUT2D eigenvalue weighted by Gasteiger charge is 2.11. The summed E-state index contributed by atoms with van der Waals surface area (Å²) in [6.07, 6.45) is 0.260. The molecule has 1 aromatic carbocycles. The van der Waals surface area contributed by atoms with Gasteiger partial charge in [0.15, 0.2) is 0 Å². The molecule has 1 aromatic rings. The first-order valence-corrected chi connectivity index (χ1v) is 6.86. The van der Waals surface area contributed by atoms with Gasteiger partial charge in [-0.25, -0.2) is 0 Å². The quantitative estimate of drug-likeness (QED) is 0.813. The molecule has 0 saturated heterocycles. The zero-order valence-electron chi connectivity index (χ0n) is 13.1. The van der Waals surface area contributed by atoms with Gasteiger partial charge in [0.2, 0.25) is 0 Å². The Morgan fingerprint density at radius 3 is 2.60 bits per heavy atom. The Labute approximate surface area is 121 Å². The van der Waals surface area contributed by atoms with Gasteiger partial charge in [-0.05, 0) is 33.8 Å². The number of carbonyl (C=O) groups is 1. The van der Waals surface area contributed by atoms with Crippen molar-refractivity contribution in [2.24, 2.45) is 0 Å². The van der Waals surface area contributed by atoms with Gasteiger partial charge in [0.1, 0.15) is 5.75 Å². The van der Waals surface area contributed by atoms with Crippen molar-refractivity contribution in [2.75, 3.05) is 13.7 Å². The second-order valence-electron chi connectivity index (χ2n) is 5.89. The molecule has 0 heterocycles. The second-order valence-corrected chi connectivity index (χ2v) is 5.89. The fraction of sp³-hybridized carbons (Fsp3) is 0.562. The summed E-state index contributed by atoms with van der Waals surface area (Å²) in [5.41, 5.74) is 2.34. The third-order valence-corrected chi connectivity index (χ3v) is 2.82. The maximum Gasteiger partial charge on any atom is 0.308 e. The molecule has 0 aliphatic rings. The zero-order valence-corrected chi connectivity index (χ0v) is 13.1. The zero-order chi connectivity index (χ0) is 15.2. The van der Waals surface area contributed by atoms with Crippen molar-refractivity contribution in [3.05, 3.63) is 29.3 Å². The Morgan fingerprint density at radius 1 is 1.30 bits per heavy atom. The second kappa shape index (κ2) is 7.29. The van der Waals surface area contributed by atoms with Crippen LogP contribution in [-0.4, -0.2) is 25.2 Å². The van der Waals surface area contributed by atoms with E-state index < -0.39 is 0 Å². The van der Waals surface area contributed by atoms with Crippen LogP contribution >= 0.6 is 0 Å². The van der Waals surface area contributed by atoms with Crippen LogP contribution in [0.25, 0.3) is 0 Å². The van der Waals surface area contributed by atoms with E-state index in [1.807, 2.05) is 12.1 Å². The van der Waals surface area contributed by atoms with Gasteiger partial charge < -0.3 is 14.8 Å². The number of carbonyl (C=O) groups excluding carboxylic acids is 1. The van der Waals surface area contributed by atoms with Gasteiger partial charge in [0.25, 0.3) is 0 Å². The summed E-state index contributed by atoms with van der Waals surface area (Å²) in [6.45, 7) is 9.50. The van der Waals surface area contributed by atoms with Crippen LogP contribution in [0, 0.1) is 6.92 Å². The molecule has 1 N–H and O–H groups in total. The van der Waals surface area contributed by atoms with Crippen LogP contribution in [0.1, 0.15) is 38.3 Å². The molecular formula is C16H25NO3. The molecule has 0 aromatic heterocycles. The monoisotopic (exact) mass is 279 g/mol. The number of benzene rings is 1. The van der Waals surface area contributed by atoms with Crippen LogP contribution in [0.4, 0.5) is 0 Å². The van der Waals surface area contributed by atoms with Crippen LogP contribution in [0.5, 0.6) is 5.75 Å². The minimum atomic E-state index is -0.258. The standard InChI is InChI=1S/C16H25NO3/c1-12-6-7-14(20-9-8-15(18)19-5)13(10-12)11-17-16(2,3)4/h6-7,10,17H,8-9,11H2,1-5H3. The van der Waals surface area contributed by atoms with Crippen molar-refractivity contribution >= 4 is 5.97 Å². The first-order chi connectivity index (χ1) is 9.31. The summed E-state index contributed by atoms with van der Waals surface area (Å²) < 4.78 is 10.3. The topological polar surface area (TPSA) is 47.6 Å². The van der Waals surface area contributed by atoms with Gasteiger partial charge in [-0.1, -0.05) is 17.7 Å². The lowest BCUT2D eigenvalue weighted by molar-refractivity contribution is -0.141. The Hall–Kier alpha value is -1.55. The number of hydrogen-bond donors (Lipinski definition) is 1. The summed E-state index contributed by atoms with van der Waals surface area (Å²) in [5.74, 6) is 0.558. The highest BCUT2D eigenvalue weighted by molar-refractivity contribution is 5.69. The van der Waals surface area contributed by atoms with E-state index >= 15 is 0 Å². The molecule has 4 nitrogen and oxygen atoms in total. The molecule has 0 unspecified atom stereocenters. The Kier molecular flexibility index (Phi) is 6.02. The van der Waals surface area contributed by atoms with E-state index in [-0.39, 0.29) is 17.9 Å². The lowest BCUT2D eigenvalue weighted by Crippen LogP contribution is -2.35. The summed E-state index contributed by atoms with van der Waals surface area (Å²) >= 11 is 0. The van der Waals surface area contributed by atoms with E-state index in [4.69, 9.17) is 4.74 Å². The highest BCUT2D eigenvalue weighted by Crippen LogP contribution is 2.21. The van der Waals surface area contributed by atoms with E-state index in [1.165, 1.54) is 12.7 Å². The van der Waals surface area contributed by atoms with E-state index in [0.29, 0.717) is 6.61 Å². The van der Waals surface area contributed by atoms with Crippen LogP contribution in [-0.2, 0) is 16.1 Å². The van der Waals surface area contributed by atoms with Crippen LogP contribution in [0.15, 0.2) is 18.2 Å². The largest absolute Gasteiger partial charge is 0.493 e. The number of esters is 1. The van der Waals surface area contributed by atoms with Gasteiger partial charge in [-0.2, -0.15) is 0 Å². The molecule has 0 saturated carbocycles. The average molecular weight is 279 g/mol. The van der Waals surface area contributed by atoms with Crippen molar-refractivity contribution in [3.8, 4) is 5.75 Å². The average Bonchev–Trinajstić information content (AvgIpc) is 2.37. The van der Waals surface area contributed by atoms with Crippen molar-refractivity contribution in [2.45, 2.75) is 46.2 Å². The molecular weight excluding hydrogens is 254 g/mol. The maximum absolute atomic E-state index is 11.1. The van der Waals surface area contributed by atoms with Gasteiger partial charge in [-0.15, -0.1) is 0 Å². The normalized spacial score (nSPS) is 11.2. The molecule has 0 bridgehead atoms. The number of methoxy groups -OCH3 is 1. The van der Waals surface area contributed by atoms with Gasteiger partial charge in [0, 0.05) is 17.6 Å². The fourth-order valence-electron chi connectivity index (χ4n) is 1.69. The molecule has 0 aliphatic carbocycles. The van der Waals surface area contributed by atoms with Crippen molar-refractivity contribution in [1.82, 2.24) is 5.32 Å². The Balaban J connectivity index is 2.67. The molecule has 1 rings (SSSR count). The minimum absolute atomic E-state index is 0.0486. The summed E-state index contributed by atoms with van der Waals surface area (Å²) in [6, 6.07) is 6.06. The lowest BCUT2D eigenvalue weighted by Gasteiger charge is -2.22. The summed E-state index contributed by atoms with van der Waals surface area (Å²) in [5, 5.41) is 3.44. The molecule has 0 spiro atoms. The van der Waals surface area contributed by atoms with Crippen LogP contribution < -0.4 is 10.1 Å². The first-order valence-electron chi connectivity index (χ1n) is 6.86. The third-order valence-electron chi connectivity index (χ3n) is 2.82. The predicted octanol–water partition coefficient (Wildman–Crippen LogP) is 2.83. The molecule has 0 atom stereocenters. The molecule has 0 amide bonds. The van der Waals surface area contributed by atoms with E-state index in [0.717, 1.165) is 17.9 Å². The van der Waals surface area contributed by atoms with Crippen molar-refractivity contribution in [1.29, 1.82) is 0 Å². The Morgan fingerprint density at radius 2 is 2.00 bits per heavy atom. The molecule has 20 heavy (non-hydrogen) atoms. The molecule has 0 aliphatic heterocycles. The number of rotatable bonds is 6. The number of aryl methyl sites for hydroxylation is 1. The number of hydrogen-bond acceptors (Lipinski definition) is 4. The fourth-order valence-corrected chi connectivity index (χ4v) is 1.69. The SMILES string of the molecule is COC(=O)CCOc1ccc(C)cc1CNC(C)(C)C. The van der Waals surface area contributed by atoms with Gasteiger partial charge >= 0.3 is 5.97 Å². The summed E-state index contributed by atoms with van der Waals surface area (Å²) in [4.78, 5) is 11.1.